The third-order valence-corrected chi connectivity index (χ3v) is 3.56. The summed E-state index contributed by atoms with van der Waals surface area (Å²) in [5.74, 6) is 0.772. The number of aryl methyl sites for hydroxylation is 1. The van der Waals surface area contributed by atoms with E-state index in [1.54, 1.807) is 23.7 Å². The molecule has 0 fully saturated rings. The molecule has 2 rings (SSSR count). The van der Waals surface area contributed by atoms with Crippen LogP contribution in [-0.4, -0.2) is 11.6 Å². The number of ether oxygens (including phenoxy) is 1. The lowest BCUT2D eigenvalue weighted by molar-refractivity contribution is 0.338. The van der Waals surface area contributed by atoms with Gasteiger partial charge in [0.25, 0.3) is 0 Å². The third kappa shape index (κ3) is 2.84. The summed E-state index contributed by atoms with van der Waals surface area (Å²) in [4.78, 5) is 6.58. The van der Waals surface area contributed by atoms with Gasteiger partial charge in [0, 0.05) is 16.0 Å². The molecule has 2 N–H and O–H groups in total. The van der Waals surface area contributed by atoms with Crippen molar-refractivity contribution in [1.29, 1.82) is 0 Å². The van der Waals surface area contributed by atoms with E-state index in [9.17, 15) is 0 Å². The minimum atomic E-state index is -0.124. The van der Waals surface area contributed by atoms with Gasteiger partial charge in [-0.25, -0.2) is 0 Å². The average molecular weight is 248 g/mol. The molecule has 90 valence electrons. The molecule has 2 heterocycles. The second-order valence-corrected chi connectivity index (χ2v) is 5.13. The lowest BCUT2D eigenvalue weighted by Gasteiger charge is -2.11. The molecule has 4 heteroatoms. The number of nitrogens with zero attached hydrogens (tertiary/aromatic N) is 1. The van der Waals surface area contributed by atoms with Gasteiger partial charge in [-0.1, -0.05) is 0 Å². The highest BCUT2D eigenvalue weighted by Crippen LogP contribution is 2.27. The molecule has 0 aromatic carbocycles. The van der Waals surface area contributed by atoms with Crippen molar-refractivity contribution in [2.45, 2.75) is 19.9 Å². The van der Waals surface area contributed by atoms with Crippen molar-refractivity contribution in [3.05, 3.63) is 45.9 Å². The van der Waals surface area contributed by atoms with Crippen molar-refractivity contribution in [3.63, 3.8) is 0 Å². The molecule has 0 radical (unpaired) electrons. The van der Waals surface area contributed by atoms with Crippen molar-refractivity contribution in [2.75, 3.05) is 6.61 Å². The van der Waals surface area contributed by atoms with Crippen LogP contribution in [0.15, 0.2) is 30.6 Å². The maximum Gasteiger partial charge on any atom is 0.137 e. The van der Waals surface area contributed by atoms with Crippen molar-refractivity contribution in [1.82, 2.24) is 4.98 Å². The Morgan fingerprint density at radius 2 is 2.24 bits per heavy atom. The first kappa shape index (κ1) is 12.1. The SMILES string of the molecule is CCOc1cncc(C(N)c2ccc(C)s2)c1. The highest BCUT2D eigenvalue weighted by Gasteiger charge is 2.12. The molecule has 0 spiro atoms. The molecule has 17 heavy (non-hydrogen) atoms. The van der Waals surface area contributed by atoms with E-state index in [4.69, 9.17) is 10.5 Å². The number of aromatic nitrogens is 1. The molecular formula is C13H16N2OS. The van der Waals surface area contributed by atoms with Crippen molar-refractivity contribution in [3.8, 4) is 5.75 Å². The highest BCUT2D eigenvalue weighted by atomic mass is 32.1. The molecule has 0 aliphatic heterocycles. The second-order valence-electron chi connectivity index (χ2n) is 3.81. The molecular weight excluding hydrogens is 232 g/mol. The van der Waals surface area contributed by atoms with Crippen LogP contribution in [0, 0.1) is 6.92 Å². The Kier molecular flexibility index (Phi) is 3.76. The van der Waals surface area contributed by atoms with Gasteiger partial charge in [0.1, 0.15) is 5.75 Å². The fourth-order valence-corrected chi connectivity index (χ4v) is 2.54. The van der Waals surface area contributed by atoms with Gasteiger partial charge in [-0.15, -0.1) is 11.3 Å². The van der Waals surface area contributed by atoms with Gasteiger partial charge in [-0.05, 0) is 37.6 Å². The summed E-state index contributed by atoms with van der Waals surface area (Å²) in [6.45, 7) is 4.67. The number of thiophene rings is 1. The Balaban J connectivity index is 2.24. The molecule has 0 saturated heterocycles. The van der Waals surface area contributed by atoms with E-state index in [2.05, 4.69) is 24.0 Å². The van der Waals surface area contributed by atoms with Crippen LogP contribution >= 0.6 is 11.3 Å². The molecule has 0 aliphatic carbocycles. The van der Waals surface area contributed by atoms with Crippen molar-refractivity contribution in [2.24, 2.45) is 5.73 Å². The van der Waals surface area contributed by atoms with E-state index in [1.807, 2.05) is 13.0 Å². The normalized spacial score (nSPS) is 12.4. The molecule has 1 unspecified atom stereocenters. The predicted molar refractivity (Wildman–Crippen MR) is 70.5 cm³/mol. The summed E-state index contributed by atoms with van der Waals surface area (Å²) >= 11 is 1.72. The summed E-state index contributed by atoms with van der Waals surface area (Å²) < 4.78 is 5.42. The zero-order valence-electron chi connectivity index (χ0n) is 10.0. The van der Waals surface area contributed by atoms with E-state index in [0.29, 0.717) is 6.61 Å². The van der Waals surface area contributed by atoms with Crippen molar-refractivity contribution >= 4 is 11.3 Å². The molecule has 1 atom stereocenters. The van der Waals surface area contributed by atoms with Gasteiger partial charge in [0.15, 0.2) is 0 Å². The fraction of sp³-hybridized carbons (Fsp3) is 0.308. The molecule has 0 aliphatic rings. The quantitative estimate of drug-likeness (QED) is 0.905. The average Bonchev–Trinajstić information content (AvgIpc) is 2.76. The summed E-state index contributed by atoms with van der Waals surface area (Å²) in [7, 11) is 0. The standard InChI is InChI=1S/C13H16N2OS/c1-3-16-11-6-10(7-15-8-11)13(14)12-5-4-9(2)17-12/h4-8,13H,3,14H2,1-2H3. The van der Waals surface area contributed by atoms with Crippen molar-refractivity contribution < 1.29 is 4.74 Å². The highest BCUT2D eigenvalue weighted by molar-refractivity contribution is 7.12. The first-order valence-corrected chi connectivity index (χ1v) is 6.42. The lowest BCUT2D eigenvalue weighted by atomic mass is 10.1. The van der Waals surface area contributed by atoms with Gasteiger partial charge in [-0.3, -0.25) is 4.98 Å². The Bertz CT molecular complexity index is 496. The number of nitrogens with two attached hydrogens (primary N) is 1. The van der Waals surface area contributed by atoms with E-state index in [1.165, 1.54) is 4.88 Å². The summed E-state index contributed by atoms with van der Waals surface area (Å²) in [5.41, 5.74) is 7.19. The number of hydrogen-bond acceptors (Lipinski definition) is 4. The van der Waals surface area contributed by atoms with Crippen LogP contribution in [0.2, 0.25) is 0 Å². The van der Waals surface area contributed by atoms with Gasteiger partial charge in [-0.2, -0.15) is 0 Å². The van der Waals surface area contributed by atoms with Crippen LogP contribution in [0.4, 0.5) is 0 Å². The topological polar surface area (TPSA) is 48.1 Å². The van der Waals surface area contributed by atoms with Crippen LogP contribution in [0.5, 0.6) is 5.75 Å². The Hall–Kier alpha value is -1.39. The fourth-order valence-electron chi connectivity index (χ4n) is 1.64. The minimum absolute atomic E-state index is 0.124. The number of rotatable bonds is 4. The van der Waals surface area contributed by atoms with E-state index < -0.39 is 0 Å². The maximum absolute atomic E-state index is 6.21. The van der Waals surface area contributed by atoms with E-state index in [0.717, 1.165) is 16.2 Å². The van der Waals surface area contributed by atoms with Crippen LogP contribution in [0.3, 0.4) is 0 Å². The Morgan fingerprint density at radius 1 is 1.41 bits per heavy atom. The lowest BCUT2D eigenvalue weighted by Crippen LogP contribution is -2.10. The molecule has 0 bridgehead atoms. The Morgan fingerprint density at radius 3 is 2.88 bits per heavy atom. The first-order chi connectivity index (χ1) is 8.20. The molecule has 0 amide bonds. The molecule has 2 aromatic heterocycles. The maximum atomic E-state index is 6.21. The Labute approximate surface area is 105 Å². The van der Waals surface area contributed by atoms with Gasteiger partial charge in [0.05, 0.1) is 18.8 Å². The van der Waals surface area contributed by atoms with E-state index >= 15 is 0 Å². The zero-order valence-corrected chi connectivity index (χ0v) is 10.8. The van der Waals surface area contributed by atoms with Gasteiger partial charge >= 0.3 is 0 Å². The summed E-state index contributed by atoms with van der Waals surface area (Å²) in [6, 6.07) is 5.98. The van der Waals surface area contributed by atoms with E-state index in [-0.39, 0.29) is 6.04 Å². The monoisotopic (exact) mass is 248 g/mol. The molecule has 3 nitrogen and oxygen atoms in total. The predicted octanol–water partition coefficient (Wildman–Crippen LogP) is 2.90. The first-order valence-electron chi connectivity index (χ1n) is 5.60. The van der Waals surface area contributed by atoms with Crippen LogP contribution in [0.25, 0.3) is 0 Å². The molecule has 0 saturated carbocycles. The smallest absolute Gasteiger partial charge is 0.137 e. The number of hydrogen-bond donors (Lipinski definition) is 1. The number of pyridine rings is 1. The minimum Gasteiger partial charge on any atom is -0.492 e. The van der Waals surface area contributed by atoms with Crippen LogP contribution in [0.1, 0.15) is 28.3 Å². The van der Waals surface area contributed by atoms with Gasteiger partial charge < -0.3 is 10.5 Å². The van der Waals surface area contributed by atoms with Crippen LogP contribution < -0.4 is 10.5 Å². The van der Waals surface area contributed by atoms with Gasteiger partial charge in [0.2, 0.25) is 0 Å². The summed E-state index contributed by atoms with van der Waals surface area (Å²) in [5, 5.41) is 0. The third-order valence-electron chi connectivity index (χ3n) is 2.47. The summed E-state index contributed by atoms with van der Waals surface area (Å²) in [6.07, 6.45) is 3.50. The molecule has 2 aromatic rings. The van der Waals surface area contributed by atoms with Crippen LogP contribution in [-0.2, 0) is 0 Å². The largest absolute Gasteiger partial charge is 0.492 e. The zero-order chi connectivity index (χ0) is 12.3. The second kappa shape index (κ2) is 5.29.